The predicted molar refractivity (Wildman–Crippen MR) is 78.6 cm³/mol. The lowest BCUT2D eigenvalue weighted by Crippen LogP contribution is -2.53. The van der Waals surface area contributed by atoms with Crippen LogP contribution in [0.25, 0.3) is 0 Å². The molecular weight excluding hydrogens is 294 g/mol. The van der Waals surface area contributed by atoms with Gasteiger partial charge in [0.15, 0.2) is 0 Å². The number of carbonyl (C=O) groups excluding carboxylic acids is 1. The minimum absolute atomic E-state index is 0.0545. The summed E-state index contributed by atoms with van der Waals surface area (Å²) >= 11 is 0. The molecule has 2 aliphatic heterocycles. The second-order valence-corrected chi connectivity index (χ2v) is 7.94. The predicted octanol–water partition coefficient (Wildman–Crippen LogP) is -0.165. The molecule has 0 radical (unpaired) electrons. The van der Waals surface area contributed by atoms with Crippen LogP contribution in [0, 0.1) is 11.3 Å². The van der Waals surface area contributed by atoms with Crippen LogP contribution in [0.1, 0.15) is 32.6 Å². The van der Waals surface area contributed by atoms with Crippen molar-refractivity contribution in [3.63, 3.8) is 0 Å². The molecule has 3 N–H and O–H groups in total. The molecule has 2 rings (SSSR count). The van der Waals surface area contributed by atoms with Crippen LogP contribution in [-0.2, 0) is 19.7 Å². The Morgan fingerprint density at radius 3 is 2.67 bits per heavy atom. The number of nitrogens with one attached hydrogen (secondary N) is 1. The van der Waals surface area contributed by atoms with Gasteiger partial charge in [-0.15, -0.1) is 0 Å². The number of nitrogens with two attached hydrogens (primary N) is 1. The average molecular weight is 319 g/mol. The number of nitrogens with zero attached hydrogens (tertiary/aromatic N) is 1. The lowest BCUT2D eigenvalue weighted by Gasteiger charge is -2.36. The molecule has 0 aromatic heterocycles. The van der Waals surface area contributed by atoms with E-state index in [1.54, 1.807) is 0 Å². The number of amides is 1. The van der Waals surface area contributed by atoms with Gasteiger partial charge in [0.05, 0.1) is 5.41 Å². The molecule has 8 heteroatoms. The standard InChI is InChI=1S/C13H25N3O4S/c1-11-3-2-6-16(9-11)21(18,19)15-10-13(12(14)17)4-7-20-8-5-13/h11,15H,2-10H2,1H3,(H2,14,17)/t11-/m1/s1. The van der Waals surface area contributed by atoms with E-state index in [1.807, 2.05) is 6.92 Å². The van der Waals surface area contributed by atoms with Gasteiger partial charge in [-0.2, -0.15) is 12.7 Å². The molecule has 2 fully saturated rings. The summed E-state index contributed by atoms with van der Waals surface area (Å²) in [4.78, 5) is 11.7. The molecule has 0 saturated carbocycles. The number of carbonyl (C=O) groups is 1. The Hall–Kier alpha value is -0.700. The van der Waals surface area contributed by atoms with E-state index in [0.717, 1.165) is 12.8 Å². The van der Waals surface area contributed by atoms with Crippen molar-refractivity contribution in [1.82, 2.24) is 9.03 Å². The van der Waals surface area contributed by atoms with E-state index in [2.05, 4.69) is 4.72 Å². The summed E-state index contributed by atoms with van der Waals surface area (Å²) in [6.07, 6.45) is 2.84. The van der Waals surface area contributed by atoms with E-state index in [4.69, 9.17) is 10.5 Å². The molecule has 0 aliphatic carbocycles. The minimum atomic E-state index is -3.55. The molecule has 2 heterocycles. The van der Waals surface area contributed by atoms with Crippen molar-refractivity contribution in [2.45, 2.75) is 32.6 Å². The number of piperidine rings is 1. The smallest absolute Gasteiger partial charge is 0.279 e. The van der Waals surface area contributed by atoms with E-state index >= 15 is 0 Å². The molecular formula is C13H25N3O4S. The van der Waals surface area contributed by atoms with E-state index in [-0.39, 0.29) is 6.54 Å². The second kappa shape index (κ2) is 6.60. The minimum Gasteiger partial charge on any atom is -0.381 e. The monoisotopic (exact) mass is 319 g/mol. The van der Waals surface area contributed by atoms with Crippen LogP contribution in [0.2, 0.25) is 0 Å². The van der Waals surface area contributed by atoms with Gasteiger partial charge in [0.1, 0.15) is 0 Å². The number of hydrogen-bond acceptors (Lipinski definition) is 4. The molecule has 7 nitrogen and oxygen atoms in total. The van der Waals surface area contributed by atoms with Crippen LogP contribution < -0.4 is 10.5 Å². The lowest BCUT2D eigenvalue weighted by molar-refractivity contribution is -0.132. The molecule has 2 saturated heterocycles. The molecule has 2 aliphatic rings. The largest absolute Gasteiger partial charge is 0.381 e. The van der Waals surface area contributed by atoms with Gasteiger partial charge in [-0.1, -0.05) is 6.92 Å². The fourth-order valence-corrected chi connectivity index (χ4v) is 4.42. The van der Waals surface area contributed by atoms with Crippen molar-refractivity contribution in [1.29, 1.82) is 0 Å². The van der Waals surface area contributed by atoms with Crippen LogP contribution in [0.4, 0.5) is 0 Å². The normalized spacial score (nSPS) is 27.4. The second-order valence-electron chi connectivity index (χ2n) is 6.19. The molecule has 0 bridgehead atoms. The van der Waals surface area contributed by atoms with Gasteiger partial charge < -0.3 is 10.5 Å². The Bertz CT molecular complexity index is 474. The molecule has 0 aromatic rings. The van der Waals surface area contributed by atoms with Crippen LogP contribution in [-0.4, -0.2) is 51.5 Å². The topological polar surface area (TPSA) is 102 Å². The van der Waals surface area contributed by atoms with Crippen molar-refractivity contribution < 1.29 is 17.9 Å². The molecule has 21 heavy (non-hydrogen) atoms. The third kappa shape index (κ3) is 3.94. The number of hydrogen-bond donors (Lipinski definition) is 2. The van der Waals surface area contributed by atoms with Crippen LogP contribution >= 0.6 is 0 Å². The summed E-state index contributed by atoms with van der Waals surface area (Å²) in [5.74, 6) is -0.0935. The Labute approximate surface area is 126 Å². The fraction of sp³-hybridized carbons (Fsp3) is 0.923. The third-order valence-corrected chi connectivity index (χ3v) is 6.05. The summed E-state index contributed by atoms with van der Waals surface area (Å²) in [7, 11) is -3.55. The highest BCUT2D eigenvalue weighted by atomic mass is 32.2. The highest BCUT2D eigenvalue weighted by Crippen LogP contribution is 2.30. The van der Waals surface area contributed by atoms with Gasteiger partial charge in [-0.3, -0.25) is 4.79 Å². The van der Waals surface area contributed by atoms with Crippen molar-refractivity contribution in [2.75, 3.05) is 32.8 Å². The average Bonchev–Trinajstić information content (AvgIpc) is 2.46. The molecule has 122 valence electrons. The highest BCUT2D eigenvalue weighted by molar-refractivity contribution is 7.87. The maximum atomic E-state index is 12.4. The summed E-state index contributed by atoms with van der Waals surface area (Å²) in [5.41, 5.74) is 4.66. The summed E-state index contributed by atoms with van der Waals surface area (Å²) < 4.78 is 34.0. The van der Waals surface area contributed by atoms with E-state index < -0.39 is 21.5 Å². The Morgan fingerprint density at radius 2 is 2.10 bits per heavy atom. The van der Waals surface area contributed by atoms with Gasteiger partial charge in [0, 0.05) is 32.8 Å². The first-order valence-electron chi connectivity index (χ1n) is 7.48. The van der Waals surface area contributed by atoms with Crippen LogP contribution in [0.3, 0.4) is 0 Å². The zero-order valence-corrected chi connectivity index (χ0v) is 13.3. The maximum Gasteiger partial charge on any atom is 0.279 e. The van der Waals surface area contributed by atoms with E-state index in [0.29, 0.717) is 45.1 Å². The molecule has 1 amide bonds. The van der Waals surface area contributed by atoms with Crippen molar-refractivity contribution in [3.8, 4) is 0 Å². The first-order valence-corrected chi connectivity index (χ1v) is 8.92. The third-order valence-electron chi connectivity index (χ3n) is 4.53. The first-order chi connectivity index (χ1) is 9.86. The zero-order chi connectivity index (χ0) is 15.5. The SMILES string of the molecule is C[C@@H]1CCCN(S(=O)(=O)NCC2(C(N)=O)CCOCC2)C1. The lowest BCUT2D eigenvalue weighted by atomic mass is 9.80. The van der Waals surface area contributed by atoms with Gasteiger partial charge in [-0.25, -0.2) is 4.72 Å². The molecule has 0 unspecified atom stereocenters. The van der Waals surface area contributed by atoms with E-state index in [1.165, 1.54) is 4.31 Å². The zero-order valence-electron chi connectivity index (χ0n) is 12.5. The maximum absolute atomic E-state index is 12.4. The fourth-order valence-electron chi connectivity index (χ4n) is 2.96. The summed E-state index contributed by atoms with van der Waals surface area (Å²) in [6.45, 7) is 4.04. The van der Waals surface area contributed by atoms with Gasteiger partial charge in [0.25, 0.3) is 10.2 Å². The Balaban J connectivity index is 2.00. The molecule has 0 spiro atoms. The molecule has 1 atom stereocenters. The van der Waals surface area contributed by atoms with Gasteiger partial charge in [0.2, 0.25) is 5.91 Å². The quantitative estimate of drug-likeness (QED) is 0.735. The Morgan fingerprint density at radius 1 is 1.43 bits per heavy atom. The highest BCUT2D eigenvalue weighted by Gasteiger charge is 2.40. The van der Waals surface area contributed by atoms with Crippen molar-refractivity contribution in [3.05, 3.63) is 0 Å². The Kier molecular flexibility index (Phi) is 5.24. The molecule has 0 aromatic carbocycles. The van der Waals surface area contributed by atoms with Crippen LogP contribution in [0.15, 0.2) is 0 Å². The summed E-state index contributed by atoms with van der Waals surface area (Å²) in [6, 6.07) is 0. The van der Waals surface area contributed by atoms with Gasteiger partial charge in [-0.05, 0) is 31.6 Å². The first kappa shape index (κ1) is 16.7. The number of ether oxygens (including phenoxy) is 1. The van der Waals surface area contributed by atoms with Crippen molar-refractivity contribution >= 4 is 16.1 Å². The van der Waals surface area contributed by atoms with E-state index in [9.17, 15) is 13.2 Å². The van der Waals surface area contributed by atoms with Crippen molar-refractivity contribution in [2.24, 2.45) is 17.1 Å². The summed E-state index contributed by atoms with van der Waals surface area (Å²) in [5, 5.41) is 0. The van der Waals surface area contributed by atoms with Crippen LogP contribution in [0.5, 0.6) is 0 Å². The van der Waals surface area contributed by atoms with Gasteiger partial charge >= 0.3 is 0 Å². The number of rotatable bonds is 5. The number of primary amides is 1.